The summed E-state index contributed by atoms with van der Waals surface area (Å²) in [7, 11) is 0. The third-order valence-electron chi connectivity index (χ3n) is 5.19. The molecule has 1 N–H and O–H groups in total. The topological polar surface area (TPSA) is 63.1 Å². The summed E-state index contributed by atoms with van der Waals surface area (Å²) in [4.78, 5) is 25.3. The van der Waals surface area contributed by atoms with Gasteiger partial charge in [-0.15, -0.1) is 11.3 Å². The molecule has 0 bridgehead atoms. The molecule has 2 aromatic carbocycles. The SMILES string of the molecule is O=C(Nc1nc2c(s1)CN(Cc1ccccc1)CC2)c1cncn1-c1ccccc1. The van der Waals surface area contributed by atoms with Crippen LogP contribution in [0.3, 0.4) is 0 Å². The Morgan fingerprint density at radius 2 is 1.83 bits per heavy atom. The van der Waals surface area contributed by atoms with Crippen molar-refractivity contribution in [3.63, 3.8) is 0 Å². The van der Waals surface area contributed by atoms with E-state index < -0.39 is 0 Å². The summed E-state index contributed by atoms with van der Waals surface area (Å²) in [5, 5.41) is 3.61. The van der Waals surface area contributed by atoms with E-state index in [1.54, 1.807) is 28.4 Å². The van der Waals surface area contributed by atoms with E-state index in [0.29, 0.717) is 10.8 Å². The third kappa shape index (κ3) is 3.90. The van der Waals surface area contributed by atoms with E-state index >= 15 is 0 Å². The Morgan fingerprint density at radius 3 is 2.63 bits per heavy atom. The van der Waals surface area contributed by atoms with Crippen LogP contribution in [0.5, 0.6) is 0 Å². The minimum absolute atomic E-state index is 0.205. The van der Waals surface area contributed by atoms with Gasteiger partial charge in [-0.3, -0.25) is 19.6 Å². The maximum Gasteiger partial charge on any atom is 0.276 e. The molecule has 0 radical (unpaired) electrons. The van der Waals surface area contributed by atoms with Crippen molar-refractivity contribution in [3.05, 3.63) is 95.0 Å². The number of nitrogens with zero attached hydrogens (tertiary/aromatic N) is 4. The van der Waals surface area contributed by atoms with Crippen molar-refractivity contribution < 1.29 is 4.79 Å². The van der Waals surface area contributed by atoms with E-state index in [4.69, 9.17) is 0 Å². The van der Waals surface area contributed by atoms with Crippen LogP contribution in [0.15, 0.2) is 73.2 Å². The smallest absolute Gasteiger partial charge is 0.276 e. The predicted octanol–water partition coefficient (Wildman–Crippen LogP) is 4.14. The van der Waals surface area contributed by atoms with Gasteiger partial charge in [-0.2, -0.15) is 0 Å². The number of para-hydroxylation sites is 1. The number of benzene rings is 2. The first-order chi connectivity index (χ1) is 14.8. The summed E-state index contributed by atoms with van der Waals surface area (Å²) in [6, 6.07) is 20.2. The summed E-state index contributed by atoms with van der Waals surface area (Å²) < 4.78 is 1.78. The lowest BCUT2D eigenvalue weighted by atomic mass is 10.1. The number of hydrogen-bond donors (Lipinski definition) is 1. The standard InChI is InChI=1S/C23H21N5OS/c29-22(20-13-24-16-28(20)18-9-5-2-6-10-18)26-23-25-19-11-12-27(15-21(19)30-23)14-17-7-3-1-4-8-17/h1-10,13,16H,11-12,14-15H2,(H,25,26,29). The van der Waals surface area contributed by atoms with Gasteiger partial charge in [0.2, 0.25) is 0 Å². The second-order valence-electron chi connectivity index (χ2n) is 7.27. The van der Waals surface area contributed by atoms with Gasteiger partial charge in [-0.05, 0) is 17.7 Å². The van der Waals surface area contributed by atoms with Crippen molar-refractivity contribution >= 4 is 22.4 Å². The second kappa shape index (κ2) is 8.22. The van der Waals surface area contributed by atoms with Crippen molar-refractivity contribution in [1.82, 2.24) is 19.4 Å². The molecule has 0 atom stereocenters. The molecule has 5 rings (SSSR count). The van der Waals surface area contributed by atoms with Crippen molar-refractivity contribution in [1.29, 1.82) is 0 Å². The molecule has 150 valence electrons. The van der Waals surface area contributed by atoms with Gasteiger partial charge < -0.3 is 0 Å². The van der Waals surface area contributed by atoms with Crippen LogP contribution in [0.1, 0.15) is 26.6 Å². The van der Waals surface area contributed by atoms with Gasteiger partial charge in [-0.1, -0.05) is 48.5 Å². The predicted molar refractivity (Wildman–Crippen MR) is 118 cm³/mol. The number of nitrogens with one attached hydrogen (secondary N) is 1. The first-order valence-electron chi connectivity index (χ1n) is 9.90. The second-order valence-corrected chi connectivity index (χ2v) is 8.36. The van der Waals surface area contributed by atoms with Gasteiger partial charge in [0.25, 0.3) is 5.91 Å². The molecule has 1 aliphatic heterocycles. The zero-order chi connectivity index (χ0) is 20.3. The summed E-state index contributed by atoms with van der Waals surface area (Å²) in [5.74, 6) is -0.205. The molecule has 0 unspecified atom stereocenters. The Kier molecular flexibility index (Phi) is 5.13. The molecule has 0 fully saturated rings. The average molecular weight is 416 g/mol. The Bertz CT molecular complexity index is 1150. The lowest BCUT2D eigenvalue weighted by Gasteiger charge is -2.25. The van der Waals surface area contributed by atoms with Gasteiger partial charge in [0.05, 0.1) is 18.2 Å². The van der Waals surface area contributed by atoms with E-state index in [-0.39, 0.29) is 5.91 Å². The van der Waals surface area contributed by atoms with Crippen LogP contribution in [0.25, 0.3) is 5.69 Å². The molecule has 6 nitrogen and oxygen atoms in total. The molecular formula is C23H21N5OS. The third-order valence-corrected chi connectivity index (χ3v) is 6.18. The largest absolute Gasteiger partial charge is 0.296 e. The van der Waals surface area contributed by atoms with Crippen LogP contribution in [0, 0.1) is 0 Å². The Balaban J connectivity index is 1.29. The zero-order valence-corrected chi connectivity index (χ0v) is 17.2. The molecule has 0 aliphatic carbocycles. The van der Waals surface area contributed by atoms with Gasteiger partial charge >= 0.3 is 0 Å². The van der Waals surface area contributed by atoms with Crippen LogP contribution < -0.4 is 5.32 Å². The van der Waals surface area contributed by atoms with Crippen LogP contribution in [0.2, 0.25) is 0 Å². The maximum atomic E-state index is 12.9. The van der Waals surface area contributed by atoms with Crippen LogP contribution >= 0.6 is 11.3 Å². The van der Waals surface area contributed by atoms with Crippen molar-refractivity contribution in [2.75, 3.05) is 11.9 Å². The molecule has 1 amide bonds. The number of hydrogen-bond acceptors (Lipinski definition) is 5. The molecule has 0 saturated heterocycles. The number of carbonyl (C=O) groups excluding carboxylic acids is 1. The van der Waals surface area contributed by atoms with Gasteiger partial charge in [0.15, 0.2) is 5.13 Å². The number of rotatable bonds is 5. The average Bonchev–Trinajstić information content (AvgIpc) is 3.41. The highest BCUT2D eigenvalue weighted by Crippen LogP contribution is 2.29. The first kappa shape index (κ1) is 18.7. The number of imidazole rings is 1. The first-order valence-corrected chi connectivity index (χ1v) is 10.7. The van der Waals surface area contributed by atoms with E-state index in [0.717, 1.165) is 37.4 Å². The lowest BCUT2D eigenvalue weighted by molar-refractivity contribution is 0.102. The normalized spacial score (nSPS) is 13.7. The molecule has 7 heteroatoms. The quantitative estimate of drug-likeness (QED) is 0.532. The van der Waals surface area contributed by atoms with Crippen LogP contribution in [-0.2, 0) is 19.5 Å². The summed E-state index contributed by atoms with van der Waals surface area (Å²) in [5.41, 5.74) is 3.79. The van der Waals surface area contributed by atoms with Crippen LogP contribution in [-0.4, -0.2) is 31.9 Å². The summed E-state index contributed by atoms with van der Waals surface area (Å²) in [6.07, 6.45) is 4.13. The minimum atomic E-state index is -0.205. The molecule has 4 aromatic rings. The highest BCUT2D eigenvalue weighted by atomic mass is 32.1. The molecule has 2 aromatic heterocycles. The molecular weight excluding hydrogens is 394 g/mol. The minimum Gasteiger partial charge on any atom is -0.296 e. The van der Waals surface area contributed by atoms with E-state index in [9.17, 15) is 4.79 Å². The van der Waals surface area contributed by atoms with Gasteiger partial charge in [-0.25, -0.2) is 9.97 Å². The zero-order valence-electron chi connectivity index (χ0n) is 16.4. The number of thiazole rings is 1. The maximum absolute atomic E-state index is 12.9. The molecule has 1 aliphatic rings. The van der Waals surface area contributed by atoms with E-state index in [1.165, 1.54) is 10.4 Å². The Hall–Kier alpha value is -3.29. The summed E-state index contributed by atoms with van der Waals surface area (Å²) in [6.45, 7) is 2.76. The number of aromatic nitrogens is 3. The van der Waals surface area contributed by atoms with Crippen molar-refractivity contribution in [3.8, 4) is 5.69 Å². The highest BCUT2D eigenvalue weighted by Gasteiger charge is 2.22. The fourth-order valence-electron chi connectivity index (χ4n) is 3.70. The van der Waals surface area contributed by atoms with Crippen molar-refractivity contribution in [2.45, 2.75) is 19.5 Å². The lowest BCUT2D eigenvalue weighted by Crippen LogP contribution is -2.29. The van der Waals surface area contributed by atoms with E-state index in [2.05, 4.69) is 44.5 Å². The van der Waals surface area contributed by atoms with Gasteiger partial charge in [0.1, 0.15) is 5.69 Å². The molecule has 30 heavy (non-hydrogen) atoms. The van der Waals surface area contributed by atoms with E-state index in [1.807, 2.05) is 36.4 Å². The Morgan fingerprint density at radius 1 is 1.07 bits per heavy atom. The van der Waals surface area contributed by atoms with Crippen molar-refractivity contribution in [2.24, 2.45) is 0 Å². The fraction of sp³-hybridized carbons (Fsp3) is 0.174. The van der Waals surface area contributed by atoms with Crippen LogP contribution in [0.4, 0.5) is 5.13 Å². The molecule has 3 heterocycles. The molecule has 0 spiro atoms. The highest BCUT2D eigenvalue weighted by molar-refractivity contribution is 7.15. The monoisotopic (exact) mass is 415 g/mol. The number of carbonyl (C=O) groups is 1. The van der Waals surface area contributed by atoms with Gasteiger partial charge in [0, 0.05) is 36.6 Å². The number of amides is 1. The Labute approximate surface area is 178 Å². The fourth-order valence-corrected chi connectivity index (χ4v) is 4.74. The molecule has 0 saturated carbocycles. The number of fused-ring (bicyclic) bond motifs is 1. The summed E-state index contributed by atoms with van der Waals surface area (Å²) >= 11 is 1.56. The number of anilines is 1.